The predicted octanol–water partition coefficient (Wildman–Crippen LogP) is 2.04. The highest BCUT2D eigenvalue weighted by molar-refractivity contribution is 7.99. The maximum absolute atomic E-state index is 11.3. The molecule has 5 nitrogen and oxygen atoms in total. The van der Waals surface area contributed by atoms with E-state index in [1.54, 1.807) is 17.2 Å². The van der Waals surface area contributed by atoms with E-state index < -0.39 is 0 Å². The number of rotatable bonds is 7. The first-order valence-corrected chi connectivity index (χ1v) is 8.73. The quantitative estimate of drug-likeness (QED) is 0.457. The van der Waals surface area contributed by atoms with Crippen LogP contribution < -0.4 is 11.2 Å². The van der Waals surface area contributed by atoms with Gasteiger partial charge in [-0.3, -0.25) is 15.7 Å². The van der Waals surface area contributed by atoms with Crippen molar-refractivity contribution in [1.29, 1.82) is 0 Å². The molecule has 3 N–H and O–H groups in total. The zero-order valence-electron chi connectivity index (χ0n) is 12.7. The molecule has 1 aromatic carbocycles. The Morgan fingerprint density at radius 3 is 2.68 bits per heavy atom. The molecule has 121 valence electrons. The largest absolute Gasteiger partial charge is 0.303 e. The van der Waals surface area contributed by atoms with Crippen molar-refractivity contribution in [3.05, 3.63) is 30.3 Å². The number of nitrogens with zero attached hydrogens (tertiary/aromatic N) is 1. The van der Waals surface area contributed by atoms with E-state index in [-0.39, 0.29) is 17.9 Å². The standard InChI is InChI=1S/C16H24N3O2S/c17-14(12-22-15-4-2-1-3-5-15)8-11-19-9-6-13(7-10-19)16(20)18-21/h1-5,13-14,17,21H,6-12H2,(H,18,20)/t14-/m1/s1. The maximum Gasteiger partial charge on any atom is 0.246 e. The summed E-state index contributed by atoms with van der Waals surface area (Å²) in [7, 11) is 0. The second-order valence-electron chi connectivity index (χ2n) is 5.70. The first-order valence-electron chi connectivity index (χ1n) is 7.74. The summed E-state index contributed by atoms with van der Waals surface area (Å²) in [6.45, 7) is 2.66. The van der Waals surface area contributed by atoms with E-state index in [9.17, 15) is 4.79 Å². The smallest absolute Gasteiger partial charge is 0.246 e. The molecule has 2 rings (SSSR count). The summed E-state index contributed by atoms with van der Waals surface area (Å²) in [5.41, 5.74) is 9.87. The lowest BCUT2D eigenvalue weighted by molar-refractivity contribution is -0.134. The zero-order chi connectivity index (χ0) is 15.8. The summed E-state index contributed by atoms with van der Waals surface area (Å²) in [5, 5.41) is 8.64. The van der Waals surface area contributed by atoms with Gasteiger partial charge in [0.25, 0.3) is 0 Å². The van der Waals surface area contributed by atoms with Gasteiger partial charge in [0.05, 0.1) is 0 Å². The average Bonchev–Trinajstić information content (AvgIpc) is 2.58. The minimum Gasteiger partial charge on any atom is -0.303 e. The van der Waals surface area contributed by atoms with Gasteiger partial charge in [-0.25, -0.2) is 5.48 Å². The average molecular weight is 322 g/mol. The van der Waals surface area contributed by atoms with Crippen molar-refractivity contribution >= 4 is 17.7 Å². The van der Waals surface area contributed by atoms with Crippen molar-refractivity contribution in [3.63, 3.8) is 0 Å². The number of hydroxylamine groups is 1. The third-order valence-electron chi connectivity index (χ3n) is 4.06. The molecule has 1 fully saturated rings. The molecule has 0 aromatic heterocycles. The van der Waals surface area contributed by atoms with Crippen molar-refractivity contribution in [3.8, 4) is 0 Å². The van der Waals surface area contributed by atoms with Crippen LogP contribution in [0.15, 0.2) is 35.2 Å². The Labute approximate surface area is 136 Å². The van der Waals surface area contributed by atoms with Crippen LogP contribution in [0.4, 0.5) is 0 Å². The summed E-state index contributed by atoms with van der Waals surface area (Å²) in [6.07, 6.45) is 2.43. The Balaban J connectivity index is 1.61. The molecule has 0 unspecified atom stereocenters. The molecular weight excluding hydrogens is 298 g/mol. The van der Waals surface area contributed by atoms with Crippen LogP contribution in [-0.4, -0.2) is 47.4 Å². The zero-order valence-corrected chi connectivity index (χ0v) is 13.5. The third-order valence-corrected chi connectivity index (χ3v) is 5.23. The third kappa shape index (κ3) is 5.61. The maximum atomic E-state index is 11.3. The second kappa shape index (κ2) is 9.15. The van der Waals surface area contributed by atoms with Crippen molar-refractivity contribution in [2.75, 3.05) is 25.4 Å². The van der Waals surface area contributed by atoms with Gasteiger partial charge < -0.3 is 4.90 Å². The number of benzene rings is 1. The topological polar surface area (TPSA) is 76.4 Å². The Hall–Kier alpha value is -1.08. The van der Waals surface area contributed by atoms with E-state index in [0.29, 0.717) is 0 Å². The predicted molar refractivity (Wildman–Crippen MR) is 87.8 cm³/mol. The first-order chi connectivity index (χ1) is 10.7. The van der Waals surface area contributed by atoms with E-state index in [1.807, 2.05) is 18.2 Å². The van der Waals surface area contributed by atoms with Crippen LogP contribution in [-0.2, 0) is 4.79 Å². The molecule has 1 heterocycles. The van der Waals surface area contributed by atoms with Crippen LogP contribution in [0.5, 0.6) is 0 Å². The highest BCUT2D eigenvalue weighted by atomic mass is 32.2. The Kier molecular flexibility index (Phi) is 7.18. The molecule has 6 heteroatoms. The van der Waals surface area contributed by atoms with Crippen LogP contribution in [0.1, 0.15) is 19.3 Å². The van der Waals surface area contributed by atoms with Crippen LogP contribution in [0.2, 0.25) is 0 Å². The highest BCUT2D eigenvalue weighted by Gasteiger charge is 2.24. The van der Waals surface area contributed by atoms with Gasteiger partial charge >= 0.3 is 0 Å². The lowest BCUT2D eigenvalue weighted by Crippen LogP contribution is -2.40. The Morgan fingerprint density at radius 2 is 2.05 bits per heavy atom. The summed E-state index contributed by atoms with van der Waals surface area (Å²) >= 11 is 1.74. The van der Waals surface area contributed by atoms with Gasteiger partial charge in [-0.15, -0.1) is 11.8 Å². The number of piperidine rings is 1. The lowest BCUT2D eigenvalue weighted by atomic mass is 9.96. The molecule has 1 aromatic rings. The summed E-state index contributed by atoms with van der Waals surface area (Å²) in [6, 6.07) is 10.1. The molecule has 1 aliphatic rings. The number of likely N-dealkylation sites (tertiary alicyclic amines) is 1. The van der Waals surface area contributed by atoms with Gasteiger partial charge in [0.2, 0.25) is 5.91 Å². The van der Waals surface area contributed by atoms with Crippen molar-refractivity contribution < 1.29 is 10.0 Å². The summed E-state index contributed by atoms with van der Waals surface area (Å²) in [5.74, 6) is 0.479. The van der Waals surface area contributed by atoms with E-state index in [2.05, 4.69) is 17.0 Å². The van der Waals surface area contributed by atoms with Crippen molar-refractivity contribution in [2.45, 2.75) is 30.2 Å². The van der Waals surface area contributed by atoms with E-state index >= 15 is 0 Å². The molecule has 0 aliphatic carbocycles. The number of carbonyl (C=O) groups excluding carboxylic acids is 1. The van der Waals surface area contributed by atoms with Crippen molar-refractivity contribution in [2.24, 2.45) is 5.92 Å². The van der Waals surface area contributed by atoms with Gasteiger partial charge in [-0.2, -0.15) is 0 Å². The fourth-order valence-electron chi connectivity index (χ4n) is 2.65. The monoisotopic (exact) mass is 322 g/mol. The van der Waals surface area contributed by atoms with Crippen molar-refractivity contribution in [1.82, 2.24) is 16.1 Å². The molecule has 0 spiro atoms. The van der Waals surface area contributed by atoms with Gasteiger partial charge in [-0.05, 0) is 51.0 Å². The number of thioether (sulfide) groups is 1. The molecule has 1 amide bonds. The number of hydrogen-bond acceptors (Lipinski definition) is 4. The highest BCUT2D eigenvalue weighted by Crippen LogP contribution is 2.20. The molecule has 0 bridgehead atoms. The van der Waals surface area contributed by atoms with Crippen LogP contribution >= 0.6 is 11.8 Å². The molecule has 1 saturated heterocycles. The van der Waals surface area contributed by atoms with Crippen LogP contribution in [0, 0.1) is 5.92 Å². The minimum absolute atomic E-state index is 0.0660. The van der Waals surface area contributed by atoms with Gasteiger partial charge in [0.1, 0.15) is 0 Å². The molecule has 0 saturated carbocycles. The fourth-order valence-corrected chi connectivity index (χ4v) is 3.56. The Bertz CT molecular complexity index is 450. The molecule has 1 atom stereocenters. The number of carbonyl (C=O) groups is 1. The first kappa shape index (κ1) is 17.3. The molecular formula is C16H24N3O2S. The SMILES string of the molecule is [NH][C@H](CCN1CCC(C(=O)NO)CC1)CSc1ccccc1. The molecule has 1 radical (unpaired) electrons. The summed E-state index contributed by atoms with van der Waals surface area (Å²) < 4.78 is 0. The molecule has 22 heavy (non-hydrogen) atoms. The normalized spacial score (nSPS) is 18.1. The van der Waals surface area contributed by atoms with Crippen LogP contribution in [0.3, 0.4) is 0 Å². The number of nitrogens with one attached hydrogen (secondary N) is 2. The minimum atomic E-state index is -0.266. The van der Waals surface area contributed by atoms with E-state index in [1.165, 1.54) is 4.90 Å². The molecule has 1 aliphatic heterocycles. The van der Waals surface area contributed by atoms with Crippen LogP contribution in [0.25, 0.3) is 0 Å². The van der Waals surface area contributed by atoms with Gasteiger partial charge in [-0.1, -0.05) is 18.2 Å². The lowest BCUT2D eigenvalue weighted by Gasteiger charge is -2.31. The van der Waals surface area contributed by atoms with Gasteiger partial charge in [0, 0.05) is 22.6 Å². The fraction of sp³-hybridized carbons (Fsp3) is 0.562. The number of amides is 1. The number of hydrogen-bond donors (Lipinski definition) is 2. The van der Waals surface area contributed by atoms with E-state index in [0.717, 1.165) is 44.6 Å². The van der Waals surface area contributed by atoms with E-state index in [4.69, 9.17) is 10.9 Å². The summed E-state index contributed by atoms with van der Waals surface area (Å²) in [4.78, 5) is 14.9. The Morgan fingerprint density at radius 1 is 1.36 bits per heavy atom. The second-order valence-corrected chi connectivity index (χ2v) is 6.80. The van der Waals surface area contributed by atoms with Gasteiger partial charge in [0.15, 0.2) is 0 Å².